The van der Waals surface area contributed by atoms with Gasteiger partial charge in [0, 0.05) is 17.6 Å². The first-order valence-electron chi connectivity index (χ1n) is 11.1. The molecule has 0 spiro atoms. The van der Waals surface area contributed by atoms with Gasteiger partial charge < -0.3 is 9.67 Å². The second-order valence-corrected chi connectivity index (χ2v) is 8.13. The molecular weight excluding hydrogens is 477 g/mol. The van der Waals surface area contributed by atoms with E-state index in [0.717, 1.165) is 39.9 Å². The van der Waals surface area contributed by atoms with Gasteiger partial charge in [0.25, 0.3) is 0 Å². The maximum atomic E-state index is 13.2. The fourth-order valence-electron chi connectivity index (χ4n) is 4.48. The second kappa shape index (κ2) is 11.0. The number of aromatic nitrogens is 1. The highest BCUT2D eigenvalue weighted by Gasteiger charge is 2.30. The zero-order valence-electron chi connectivity index (χ0n) is 19.0. The van der Waals surface area contributed by atoms with Gasteiger partial charge in [0.2, 0.25) is 0 Å². The number of carbonyl (C=O) groups is 1. The number of carboxylic acid groups (broad SMARTS) is 1. The molecule has 1 atom stereocenters. The molecule has 2 N–H and O–H groups in total. The third-order valence-electron chi connectivity index (χ3n) is 5.92. The summed E-state index contributed by atoms with van der Waals surface area (Å²) in [6.45, 7) is 2.18. The van der Waals surface area contributed by atoms with Crippen molar-refractivity contribution in [2.75, 3.05) is 0 Å². The lowest BCUT2D eigenvalue weighted by atomic mass is 10.1. The first-order chi connectivity index (χ1) is 16.3. The van der Waals surface area contributed by atoms with Crippen molar-refractivity contribution >= 4 is 29.3 Å². The third-order valence-corrected chi connectivity index (χ3v) is 5.92. The van der Waals surface area contributed by atoms with Gasteiger partial charge in [-0.05, 0) is 35.2 Å². The highest BCUT2D eigenvalue weighted by Crippen LogP contribution is 2.33. The summed E-state index contributed by atoms with van der Waals surface area (Å²) >= 11 is 0. The number of carboxylic acids is 1. The summed E-state index contributed by atoms with van der Waals surface area (Å²) in [5.74, 6) is -0.911. The average molecular weight is 503 g/mol. The normalized spacial score (nSPS) is 12.3. The molecule has 4 aromatic rings. The maximum Gasteiger partial charge on any atom is 0.416 e. The van der Waals surface area contributed by atoms with Crippen molar-refractivity contribution in [3.63, 3.8) is 0 Å². The zero-order valence-corrected chi connectivity index (χ0v) is 19.9. The van der Waals surface area contributed by atoms with Crippen molar-refractivity contribution in [2.24, 2.45) is 0 Å². The van der Waals surface area contributed by atoms with Crippen molar-refractivity contribution in [3.8, 4) is 0 Å². The number of aliphatic carboxylic acids is 1. The first-order valence-corrected chi connectivity index (χ1v) is 11.1. The number of nitrogens with zero attached hydrogens (tertiary/aromatic N) is 1. The molecule has 0 aliphatic rings. The number of fused-ring (bicyclic) bond motifs is 1. The fraction of sp³-hybridized carbons (Fsp3) is 0.222. The number of para-hydroxylation sites is 1. The Morgan fingerprint density at radius 2 is 1.69 bits per heavy atom. The van der Waals surface area contributed by atoms with Gasteiger partial charge in [0.15, 0.2) is 0 Å². The van der Waals surface area contributed by atoms with Crippen LogP contribution in [0.5, 0.6) is 0 Å². The lowest BCUT2D eigenvalue weighted by molar-refractivity contribution is -0.138. The molecule has 0 bridgehead atoms. The van der Waals surface area contributed by atoms with Gasteiger partial charge in [0.05, 0.1) is 17.5 Å². The molecule has 1 unspecified atom stereocenters. The molecule has 3 aromatic carbocycles. The predicted molar refractivity (Wildman–Crippen MR) is 133 cm³/mol. The Hall–Kier alpha value is -3.29. The number of rotatable bonds is 8. The van der Waals surface area contributed by atoms with E-state index in [1.165, 1.54) is 6.07 Å². The van der Waals surface area contributed by atoms with Crippen LogP contribution in [0.15, 0.2) is 78.9 Å². The van der Waals surface area contributed by atoms with E-state index in [9.17, 15) is 23.1 Å². The highest BCUT2D eigenvalue weighted by atomic mass is 35.5. The third kappa shape index (κ3) is 5.69. The number of nitrogens with one attached hydrogen (secondary N) is 1. The molecule has 1 aromatic heterocycles. The van der Waals surface area contributed by atoms with Crippen LogP contribution in [-0.2, 0) is 30.4 Å². The Morgan fingerprint density at radius 1 is 1.00 bits per heavy atom. The number of benzene rings is 3. The molecule has 35 heavy (non-hydrogen) atoms. The highest BCUT2D eigenvalue weighted by molar-refractivity contribution is 5.89. The Kier molecular flexibility index (Phi) is 8.25. The summed E-state index contributed by atoms with van der Waals surface area (Å²) in [6, 6.07) is 22.5. The monoisotopic (exact) mass is 502 g/mol. The van der Waals surface area contributed by atoms with Crippen LogP contribution in [0, 0.1) is 0 Å². The van der Waals surface area contributed by atoms with Gasteiger partial charge in [-0.1, -0.05) is 73.7 Å². The quantitative estimate of drug-likeness (QED) is 0.285. The zero-order chi connectivity index (χ0) is 24.3. The van der Waals surface area contributed by atoms with E-state index in [1.807, 2.05) is 61.5 Å². The molecule has 0 saturated carbocycles. The molecule has 0 fully saturated rings. The van der Waals surface area contributed by atoms with Crippen LogP contribution in [0.2, 0.25) is 0 Å². The van der Waals surface area contributed by atoms with Crippen LogP contribution in [0.1, 0.15) is 41.0 Å². The molecule has 0 aliphatic carbocycles. The van der Waals surface area contributed by atoms with Gasteiger partial charge >= 0.3 is 12.1 Å². The molecular formula is C27H26ClF3N2O2. The van der Waals surface area contributed by atoms with Crippen molar-refractivity contribution < 1.29 is 23.1 Å². The minimum Gasteiger partial charge on any atom is -0.481 e. The fourth-order valence-corrected chi connectivity index (χ4v) is 4.48. The van der Waals surface area contributed by atoms with Gasteiger partial charge in [-0.3, -0.25) is 10.1 Å². The predicted octanol–water partition coefficient (Wildman–Crippen LogP) is 6.61. The van der Waals surface area contributed by atoms with Crippen LogP contribution >= 0.6 is 12.4 Å². The number of hydrogen-bond donors (Lipinski definition) is 2. The van der Waals surface area contributed by atoms with Gasteiger partial charge in [-0.25, -0.2) is 0 Å². The molecule has 8 heteroatoms. The number of alkyl halides is 3. The standard InChI is InChI=1S/C27H25F3N2O2.ClH/c1-2-23-22(16-25(33)34)21-13-6-7-14-24(21)32(23)26(19-10-4-3-5-11-19)31-17-18-9-8-12-20(15-18)27(28,29)30;/h3-15,26,31H,2,16-17H2,1H3,(H,33,34);1H. The van der Waals surface area contributed by atoms with E-state index >= 15 is 0 Å². The van der Waals surface area contributed by atoms with Crippen LogP contribution in [0.4, 0.5) is 13.2 Å². The van der Waals surface area contributed by atoms with Crippen LogP contribution in [0.25, 0.3) is 10.9 Å². The van der Waals surface area contributed by atoms with Crippen molar-refractivity contribution in [1.82, 2.24) is 9.88 Å². The van der Waals surface area contributed by atoms with Crippen LogP contribution < -0.4 is 5.32 Å². The second-order valence-electron chi connectivity index (χ2n) is 8.13. The average Bonchev–Trinajstić information content (AvgIpc) is 3.12. The molecule has 0 amide bonds. The smallest absolute Gasteiger partial charge is 0.416 e. The molecule has 4 nitrogen and oxygen atoms in total. The van der Waals surface area contributed by atoms with E-state index in [-0.39, 0.29) is 25.4 Å². The van der Waals surface area contributed by atoms with Crippen LogP contribution in [-0.4, -0.2) is 15.6 Å². The summed E-state index contributed by atoms with van der Waals surface area (Å²) in [5.41, 5.74) is 3.26. The lowest BCUT2D eigenvalue weighted by Gasteiger charge is -2.25. The summed E-state index contributed by atoms with van der Waals surface area (Å²) in [5, 5.41) is 13.8. The van der Waals surface area contributed by atoms with Crippen molar-refractivity contribution in [1.29, 1.82) is 0 Å². The van der Waals surface area contributed by atoms with E-state index in [2.05, 4.69) is 9.88 Å². The van der Waals surface area contributed by atoms with Crippen LogP contribution in [0.3, 0.4) is 0 Å². The van der Waals surface area contributed by atoms with Crippen molar-refractivity contribution in [3.05, 3.63) is 107 Å². The van der Waals surface area contributed by atoms with E-state index in [4.69, 9.17) is 0 Å². The summed E-state index contributed by atoms with van der Waals surface area (Å²) < 4.78 is 41.7. The molecule has 0 radical (unpaired) electrons. The van der Waals surface area contributed by atoms with E-state index in [0.29, 0.717) is 12.0 Å². The summed E-state index contributed by atoms with van der Waals surface area (Å²) in [4.78, 5) is 11.6. The SMILES string of the molecule is CCc1c(CC(=O)O)c2ccccc2n1C(NCc1cccc(C(F)(F)F)c1)c1ccccc1.Cl. The summed E-state index contributed by atoms with van der Waals surface area (Å²) in [6.07, 6.45) is -4.32. The Bertz CT molecular complexity index is 1300. The maximum absolute atomic E-state index is 13.2. The Labute approximate surface area is 207 Å². The number of hydrogen-bond acceptors (Lipinski definition) is 2. The van der Waals surface area contributed by atoms with Gasteiger partial charge in [-0.15, -0.1) is 12.4 Å². The van der Waals surface area contributed by atoms with Gasteiger partial charge in [-0.2, -0.15) is 13.2 Å². The largest absolute Gasteiger partial charge is 0.481 e. The first kappa shape index (κ1) is 26.3. The van der Waals surface area contributed by atoms with E-state index in [1.54, 1.807) is 6.07 Å². The topological polar surface area (TPSA) is 54.3 Å². The Morgan fingerprint density at radius 3 is 2.34 bits per heavy atom. The minimum absolute atomic E-state index is 0. The number of halogens is 4. The molecule has 184 valence electrons. The lowest BCUT2D eigenvalue weighted by Crippen LogP contribution is -2.29. The molecule has 4 rings (SSSR count). The van der Waals surface area contributed by atoms with E-state index < -0.39 is 23.9 Å². The van der Waals surface area contributed by atoms with Gasteiger partial charge in [0.1, 0.15) is 6.17 Å². The molecule has 0 aliphatic heterocycles. The molecule has 1 heterocycles. The Balaban J connectivity index is 0.00000342. The molecule has 0 saturated heterocycles. The van der Waals surface area contributed by atoms with Crippen molar-refractivity contribution in [2.45, 2.75) is 38.7 Å². The minimum atomic E-state index is -4.41. The summed E-state index contributed by atoms with van der Waals surface area (Å²) in [7, 11) is 0.